The van der Waals surface area contributed by atoms with Crippen molar-refractivity contribution in [1.82, 2.24) is 4.90 Å². The molecule has 10 rings (SSSR count). The molecule has 402 valence electrons. The minimum Gasteiger partial charge on any atom is -0.496 e. The SMILES string of the molecule is COc1ccc(O[C@@H]2O[C@H](CO[C@@H]3O[C@@H]4COC(c5ccccc5)O[C@H]4[C@H](OC(C)=O)[C@H]3N3C(=O)c4c(Cl)c(Cl)c(Cl)c(Cl)c4C3=O)[C@H](OCc3ccccc3)[C@H](OCc3ccccc3)[C@H]2OCc2ccccc2)cc1Br. The van der Waals surface area contributed by atoms with Crippen LogP contribution in [0.3, 0.4) is 0 Å². The molecule has 4 heterocycles. The first kappa shape index (κ1) is 55.2. The maximum absolute atomic E-state index is 14.9. The molecular formula is C57H50BrCl4NO14. The lowest BCUT2D eigenvalue weighted by molar-refractivity contribution is -0.358. The van der Waals surface area contributed by atoms with Crippen molar-refractivity contribution in [2.45, 2.75) is 94.4 Å². The molecule has 0 radical (unpaired) electrons. The largest absolute Gasteiger partial charge is 0.496 e. The van der Waals surface area contributed by atoms with Gasteiger partial charge in [0.25, 0.3) is 11.8 Å². The molecule has 0 N–H and O–H groups in total. The Morgan fingerprint density at radius 1 is 0.623 bits per heavy atom. The summed E-state index contributed by atoms with van der Waals surface area (Å²) in [5.74, 6) is -1.69. The van der Waals surface area contributed by atoms with E-state index in [2.05, 4.69) is 15.9 Å². The fourth-order valence-electron chi connectivity index (χ4n) is 9.73. The molecule has 0 aromatic heterocycles. The number of hydrogen-bond acceptors (Lipinski definition) is 14. The molecule has 0 bridgehead atoms. The van der Waals surface area contributed by atoms with Gasteiger partial charge >= 0.3 is 5.97 Å². The van der Waals surface area contributed by atoms with E-state index in [1.54, 1.807) is 37.4 Å². The van der Waals surface area contributed by atoms with E-state index in [0.29, 0.717) is 21.5 Å². The second-order valence-electron chi connectivity index (χ2n) is 18.3. The third-order valence-corrected chi connectivity index (χ3v) is 15.8. The third-order valence-electron chi connectivity index (χ3n) is 13.4. The molecule has 2 amide bonds. The van der Waals surface area contributed by atoms with E-state index in [0.717, 1.165) is 21.6 Å². The summed E-state index contributed by atoms with van der Waals surface area (Å²) in [4.78, 5) is 43.9. The Hall–Kier alpha value is -5.15. The Labute approximate surface area is 472 Å². The summed E-state index contributed by atoms with van der Waals surface area (Å²) < 4.78 is 73.1. The van der Waals surface area contributed by atoms with Gasteiger partial charge in [-0.15, -0.1) is 0 Å². The van der Waals surface area contributed by atoms with Crippen molar-refractivity contribution < 1.29 is 66.5 Å². The molecule has 4 aliphatic rings. The van der Waals surface area contributed by atoms with Crippen LogP contribution in [0.1, 0.15) is 56.2 Å². The number of imide groups is 1. The maximum atomic E-state index is 14.9. The highest BCUT2D eigenvalue weighted by Gasteiger charge is 2.60. The average molecular weight is 1190 g/mol. The first-order chi connectivity index (χ1) is 37.4. The number of benzene rings is 6. The lowest BCUT2D eigenvalue weighted by Gasteiger charge is -2.51. The smallest absolute Gasteiger partial charge is 0.303 e. The van der Waals surface area contributed by atoms with Crippen LogP contribution in [0, 0.1) is 0 Å². The molecule has 3 saturated heterocycles. The van der Waals surface area contributed by atoms with Gasteiger partial charge in [0.15, 0.2) is 18.7 Å². The number of rotatable bonds is 18. The first-order valence-electron chi connectivity index (χ1n) is 24.5. The summed E-state index contributed by atoms with van der Waals surface area (Å²) in [5.41, 5.74) is 2.60. The molecule has 11 atom stereocenters. The van der Waals surface area contributed by atoms with Gasteiger partial charge in [0.1, 0.15) is 54.2 Å². The normalized spacial score (nSPS) is 26.0. The molecule has 0 spiro atoms. The van der Waals surface area contributed by atoms with E-state index in [-0.39, 0.29) is 64.3 Å². The number of hydrogen-bond donors (Lipinski definition) is 0. The van der Waals surface area contributed by atoms with Crippen molar-refractivity contribution in [3.8, 4) is 11.5 Å². The summed E-state index contributed by atoms with van der Waals surface area (Å²) in [6, 6.07) is 41.5. The Kier molecular flexibility index (Phi) is 17.8. The van der Waals surface area contributed by atoms with E-state index in [9.17, 15) is 14.4 Å². The van der Waals surface area contributed by atoms with Crippen molar-refractivity contribution in [3.05, 3.63) is 197 Å². The van der Waals surface area contributed by atoms with Crippen LogP contribution in [0.2, 0.25) is 20.1 Å². The highest BCUT2D eigenvalue weighted by atomic mass is 79.9. The number of amides is 2. The molecule has 77 heavy (non-hydrogen) atoms. The Balaban J connectivity index is 1.05. The van der Waals surface area contributed by atoms with Gasteiger partial charge in [-0.2, -0.15) is 0 Å². The fraction of sp³-hybridized carbons (Fsp3) is 0.316. The number of esters is 1. The molecular weight excluding hydrogens is 1140 g/mol. The summed E-state index contributed by atoms with van der Waals surface area (Å²) >= 11 is 29.9. The number of fused-ring (bicyclic) bond motifs is 2. The van der Waals surface area contributed by atoms with Crippen LogP contribution in [-0.2, 0) is 67.2 Å². The fourth-order valence-corrected chi connectivity index (χ4v) is 11.3. The third kappa shape index (κ3) is 12.1. The second kappa shape index (κ2) is 24.9. The molecule has 6 aromatic carbocycles. The highest BCUT2D eigenvalue weighted by Crippen LogP contribution is 2.48. The van der Waals surface area contributed by atoms with Crippen LogP contribution in [0.5, 0.6) is 11.5 Å². The summed E-state index contributed by atoms with van der Waals surface area (Å²) in [7, 11) is 1.56. The van der Waals surface area contributed by atoms with Crippen molar-refractivity contribution in [2.75, 3.05) is 20.3 Å². The minimum atomic E-state index is -1.60. The quantitative estimate of drug-likeness (QED) is 0.0347. The molecule has 0 saturated carbocycles. The maximum Gasteiger partial charge on any atom is 0.303 e. The number of halogens is 5. The van der Waals surface area contributed by atoms with Crippen LogP contribution in [0.25, 0.3) is 0 Å². The van der Waals surface area contributed by atoms with E-state index >= 15 is 0 Å². The predicted molar refractivity (Wildman–Crippen MR) is 286 cm³/mol. The molecule has 20 heteroatoms. The Morgan fingerprint density at radius 3 is 1.69 bits per heavy atom. The van der Waals surface area contributed by atoms with Crippen molar-refractivity contribution in [3.63, 3.8) is 0 Å². The first-order valence-corrected chi connectivity index (χ1v) is 26.8. The monoisotopic (exact) mass is 1190 g/mol. The lowest BCUT2D eigenvalue weighted by atomic mass is 9.93. The van der Waals surface area contributed by atoms with Gasteiger partial charge in [0.05, 0.1) is 75.8 Å². The van der Waals surface area contributed by atoms with E-state index in [1.165, 1.54) is 6.92 Å². The zero-order valence-electron chi connectivity index (χ0n) is 41.2. The minimum absolute atomic E-state index is 0.0918. The lowest BCUT2D eigenvalue weighted by Crippen LogP contribution is -2.69. The zero-order valence-corrected chi connectivity index (χ0v) is 45.8. The van der Waals surface area contributed by atoms with E-state index in [4.69, 9.17) is 98.5 Å². The molecule has 6 aromatic rings. The van der Waals surface area contributed by atoms with Gasteiger partial charge in [0.2, 0.25) is 6.29 Å². The number of carbonyl (C=O) groups excluding carboxylic acids is 3. The van der Waals surface area contributed by atoms with Crippen LogP contribution < -0.4 is 9.47 Å². The Morgan fingerprint density at radius 2 is 1.16 bits per heavy atom. The second-order valence-corrected chi connectivity index (χ2v) is 20.7. The van der Waals surface area contributed by atoms with Gasteiger partial charge in [0, 0.05) is 12.5 Å². The van der Waals surface area contributed by atoms with E-state index < -0.39 is 85.4 Å². The van der Waals surface area contributed by atoms with Gasteiger partial charge < -0.3 is 52.1 Å². The molecule has 4 aliphatic heterocycles. The van der Waals surface area contributed by atoms with Crippen LogP contribution >= 0.6 is 62.3 Å². The number of carbonyl (C=O) groups is 3. The summed E-state index contributed by atoms with van der Waals surface area (Å²) in [6.07, 6.45) is -11.4. The summed E-state index contributed by atoms with van der Waals surface area (Å²) in [6.45, 7) is 1.07. The summed E-state index contributed by atoms with van der Waals surface area (Å²) in [5, 5.41) is -1.11. The molecule has 1 unspecified atom stereocenters. The van der Waals surface area contributed by atoms with Gasteiger partial charge in [-0.05, 0) is 50.8 Å². The molecule has 15 nitrogen and oxygen atoms in total. The molecule has 0 aliphatic carbocycles. The predicted octanol–water partition coefficient (Wildman–Crippen LogP) is 11.4. The van der Waals surface area contributed by atoms with Crippen LogP contribution in [0.4, 0.5) is 0 Å². The van der Waals surface area contributed by atoms with Crippen molar-refractivity contribution in [2.24, 2.45) is 0 Å². The van der Waals surface area contributed by atoms with E-state index in [1.807, 2.05) is 109 Å². The highest BCUT2D eigenvalue weighted by molar-refractivity contribution is 9.10. The van der Waals surface area contributed by atoms with Crippen molar-refractivity contribution >= 4 is 80.1 Å². The van der Waals surface area contributed by atoms with Crippen molar-refractivity contribution in [1.29, 1.82) is 0 Å². The van der Waals surface area contributed by atoms with Crippen LogP contribution in [0.15, 0.2) is 144 Å². The Bertz CT molecular complexity index is 3000. The molecule has 3 fully saturated rings. The standard InChI is InChI=1S/C57H50BrCl4NO14/c1-31(64)73-50-47(63-53(65)41-42(54(63)66)44(60)46(62)45(61)43(41)59)56(75-40-30-71-55(77-49(40)50)35-21-13-6-14-22-35)72-29-39-48(68-26-32-15-7-3-8-16-32)51(69-27-33-17-9-4-10-18-33)52(70-28-34-19-11-5-12-20-34)57(76-39)74-36-23-24-38(67-2)37(58)25-36/h3-25,39-40,47-52,55-57H,26-30H2,1-2H3/t39-,40-,47-,48+,49-,50-,51+,52-,55?,56-,57-/m1/s1. The number of ether oxygens (including phenoxy) is 11. The van der Waals surface area contributed by atoms with Crippen LogP contribution in [-0.4, -0.2) is 104 Å². The number of nitrogens with zero attached hydrogens (tertiary/aromatic N) is 1. The van der Waals surface area contributed by atoms with Gasteiger partial charge in [-0.25, -0.2) is 0 Å². The zero-order chi connectivity index (χ0) is 53.7. The topological polar surface area (TPSA) is 156 Å². The van der Waals surface area contributed by atoms with Gasteiger partial charge in [-0.3, -0.25) is 19.3 Å². The average Bonchev–Trinajstić information content (AvgIpc) is 3.77. The number of methoxy groups -OCH3 is 1. The van der Waals surface area contributed by atoms with Gasteiger partial charge in [-0.1, -0.05) is 168 Å².